The molecular formula is C29H24N6O3. The van der Waals surface area contributed by atoms with E-state index < -0.39 is 0 Å². The van der Waals surface area contributed by atoms with Gasteiger partial charge in [0.05, 0.1) is 22.1 Å². The molecule has 6 rings (SSSR count). The molecule has 0 atom stereocenters. The maximum atomic E-state index is 13.7. The van der Waals surface area contributed by atoms with Gasteiger partial charge in [-0.2, -0.15) is 0 Å². The molecule has 0 unspecified atom stereocenters. The van der Waals surface area contributed by atoms with Gasteiger partial charge < -0.3 is 31.7 Å². The van der Waals surface area contributed by atoms with E-state index in [2.05, 4.69) is 20.3 Å². The Bertz CT molecular complexity index is 2060. The van der Waals surface area contributed by atoms with Crippen molar-refractivity contribution in [2.24, 2.45) is 0 Å². The predicted octanol–water partition coefficient (Wildman–Crippen LogP) is 3.58. The van der Waals surface area contributed by atoms with Gasteiger partial charge >= 0.3 is 0 Å². The summed E-state index contributed by atoms with van der Waals surface area (Å²) in [5.74, 6) is 0.816. The number of aromatic amines is 3. The first-order valence-electron chi connectivity index (χ1n) is 12.1. The molecule has 9 heteroatoms. The highest BCUT2D eigenvalue weighted by molar-refractivity contribution is 5.84. The molecule has 0 aliphatic heterocycles. The van der Waals surface area contributed by atoms with E-state index >= 15 is 0 Å². The summed E-state index contributed by atoms with van der Waals surface area (Å²) in [4.78, 5) is 49.6. The van der Waals surface area contributed by atoms with E-state index in [1.54, 1.807) is 54.6 Å². The SMILES string of the molecule is Nc1[nH]c2ccccc2c(=O)c1CNc1[nH]c2ccccc2c(=O)c1Cc1c(N)[nH]c2ccccc2c1=O. The van der Waals surface area contributed by atoms with Gasteiger partial charge in [0.25, 0.3) is 0 Å². The molecule has 0 bridgehead atoms. The van der Waals surface area contributed by atoms with E-state index in [9.17, 15) is 14.4 Å². The minimum atomic E-state index is -0.245. The molecule has 0 amide bonds. The summed E-state index contributed by atoms with van der Waals surface area (Å²) in [6.45, 7) is 0.0524. The summed E-state index contributed by atoms with van der Waals surface area (Å²) >= 11 is 0. The maximum Gasteiger partial charge on any atom is 0.196 e. The number of nitrogens with two attached hydrogens (primary N) is 2. The molecule has 0 spiro atoms. The molecule has 188 valence electrons. The number of benzene rings is 3. The summed E-state index contributed by atoms with van der Waals surface area (Å²) in [6.07, 6.45) is -0.0158. The van der Waals surface area contributed by atoms with Crippen LogP contribution in [0, 0.1) is 0 Å². The van der Waals surface area contributed by atoms with Gasteiger partial charge in [0, 0.05) is 40.3 Å². The summed E-state index contributed by atoms with van der Waals surface area (Å²) < 4.78 is 0. The molecule has 9 nitrogen and oxygen atoms in total. The lowest BCUT2D eigenvalue weighted by molar-refractivity contribution is 1.05. The molecule has 0 saturated heterocycles. The van der Waals surface area contributed by atoms with Crippen LogP contribution in [0.2, 0.25) is 0 Å². The van der Waals surface area contributed by atoms with Crippen molar-refractivity contribution in [2.45, 2.75) is 13.0 Å². The third kappa shape index (κ3) is 3.77. The van der Waals surface area contributed by atoms with E-state index in [0.717, 1.165) is 0 Å². The fourth-order valence-electron chi connectivity index (χ4n) is 4.89. The second-order valence-corrected chi connectivity index (χ2v) is 9.17. The van der Waals surface area contributed by atoms with Crippen molar-refractivity contribution in [2.75, 3.05) is 16.8 Å². The zero-order chi connectivity index (χ0) is 26.4. The number of nitrogens with one attached hydrogen (secondary N) is 4. The van der Waals surface area contributed by atoms with Crippen molar-refractivity contribution < 1.29 is 0 Å². The van der Waals surface area contributed by atoms with Crippen LogP contribution in [-0.2, 0) is 13.0 Å². The highest BCUT2D eigenvalue weighted by Gasteiger charge is 2.18. The van der Waals surface area contributed by atoms with Crippen molar-refractivity contribution in [3.63, 3.8) is 0 Å². The molecule has 3 aromatic carbocycles. The molecule has 0 aliphatic carbocycles. The molecule has 0 aliphatic rings. The Labute approximate surface area is 215 Å². The predicted molar refractivity (Wildman–Crippen MR) is 153 cm³/mol. The van der Waals surface area contributed by atoms with Crippen LogP contribution in [0.15, 0.2) is 87.2 Å². The van der Waals surface area contributed by atoms with Crippen molar-refractivity contribution in [3.05, 3.63) is 120 Å². The molecule has 3 heterocycles. The van der Waals surface area contributed by atoms with E-state index in [1.807, 2.05) is 18.2 Å². The Morgan fingerprint density at radius 1 is 0.553 bits per heavy atom. The van der Waals surface area contributed by atoms with Crippen LogP contribution in [0.25, 0.3) is 32.7 Å². The van der Waals surface area contributed by atoms with Gasteiger partial charge in [-0.1, -0.05) is 36.4 Å². The second-order valence-electron chi connectivity index (χ2n) is 9.17. The van der Waals surface area contributed by atoms with Crippen LogP contribution < -0.4 is 33.1 Å². The number of fused-ring (bicyclic) bond motifs is 3. The maximum absolute atomic E-state index is 13.7. The van der Waals surface area contributed by atoms with Gasteiger partial charge in [-0.05, 0) is 36.4 Å². The van der Waals surface area contributed by atoms with Crippen LogP contribution in [0.4, 0.5) is 17.5 Å². The monoisotopic (exact) mass is 504 g/mol. The van der Waals surface area contributed by atoms with Crippen LogP contribution >= 0.6 is 0 Å². The highest BCUT2D eigenvalue weighted by Crippen LogP contribution is 2.22. The van der Waals surface area contributed by atoms with Crippen molar-refractivity contribution in [1.29, 1.82) is 0 Å². The number of hydrogen-bond acceptors (Lipinski definition) is 6. The molecule has 3 aromatic heterocycles. The normalized spacial score (nSPS) is 11.4. The zero-order valence-electron chi connectivity index (χ0n) is 20.2. The largest absolute Gasteiger partial charge is 0.385 e. The zero-order valence-corrected chi connectivity index (χ0v) is 20.2. The quantitative estimate of drug-likeness (QED) is 0.210. The van der Waals surface area contributed by atoms with Crippen molar-refractivity contribution in [3.8, 4) is 0 Å². The smallest absolute Gasteiger partial charge is 0.196 e. The number of H-pyrrole nitrogens is 3. The Morgan fingerprint density at radius 2 is 0.974 bits per heavy atom. The molecule has 0 radical (unpaired) electrons. The van der Waals surface area contributed by atoms with Gasteiger partial charge in [0.1, 0.15) is 17.5 Å². The third-order valence-electron chi connectivity index (χ3n) is 6.88. The topological polar surface area (TPSA) is 163 Å². The van der Waals surface area contributed by atoms with Crippen molar-refractivity contribution in [1.82, 2.24) is 15.0 Å². The number of para-hydroxylation sites is 3. The van der Waals surface area contributed by atoms with Crippen LogP contribution in [0.3, 0.4) is 0 Å². The summed E-state index contributed by atoms with van der Waals surface area (Å²) in [5, 5.41) is 4.68. The minimum absolute atomic E-state index is 0.0158. The first kappa shape index (κ1) is 23.1. The third-order valence-corrected chi connectivity index (χ3v) is 6.88. The summed E-state index contributed by atoms with van der Waals surface area (Å²) in [6, 6.07) is 21.3. The first-order valence-corrected chi connectivity index (χ1v) is 12.1. The van der Waals surface area contributed by atoms with E-state index in [1.165, 1.54) is 0 Å². The van der Waals surface area contributed by atoms with E-state index in [-0.39, 0.29) is 46.5 Å². The fraction of sp³-hybridized carbons (Fsp3) is 0.0690. The van der Waals surface area contributed by atoms with Gasteiger partial charge in [0.2, 0.25) is 0 Å². The molecule has 0 fully saturated rings. The van der Waals surface area contributed by atoms with Gasteiger partial charge in [-0.25, -0.2) is 0 Å². The Morgan fingerprint density at radius 3 is 1.53 bits per heavy atom. The van der Waals surface area contributed by atoms with Gasteiger partial charge in [-0.15, -0.1) is 0 Å². The van der Waals surface area contributed by atoms with Gasteiger partial charge in [-0.3, -0.25) is 14.4 Å². The lowest BCUT2D eigenvalue weighted by atomic mass is 10.0. The standard InChI is InChI=1S/C29H24N6O3/c30-27-18(24(36)15-7-1-4-10-21(15)33-27)13-19-25(37)17-9-3-6-12-23(17)35-29(19)32-14-20-26(38)16-8-2-5-11-22(16)34-28(20)31/h1-12H,13-14H2,(H3,30,33,36)(H3,31,34,38)(H2,32,35,37). The summed E-state index contributed by atoms with van der Waals surface area (Å²) in [5.41, 5.74) is 14.6. The Kier molecular flexibility index (Phi) is 5.45. The fourth-order valence-corrected chi connectivity index (χ4v) is 4.89. The number of pyridine rings is 3. The molecule has 0 saturated carbocycles. The Balaban J connectivity index is 1.48. The molecular weight excluding hydrogens is 480 g/mol. The van der Waals surface area contributed by atoms with Crippen LogP contribution in [0.5, 0.6) is 0 Å². The lowest BCUT2D eigenvalue weighted by Gasteiger charge is -2.15. The average Bonchev–Trinajstić information content (AvgIpc) is 2.92. The van der Waals surface area contributed by atoms with E-state index in [0.29, 0.717) is 49.7 Å². The van der Waals surface area contributed by atoms with Crippen LogP contribution in [0.1, 0.15) is 16.7 Å². The number of rotatable bonds is 5. The first-order chi connectivity index (χ1) is 18.4. The van der Waals surface area contributed by atoms with Crippen molar-refractivity contribution >= 4 is 50.2 Å². The molecule has 8 N–H and O–H groups in total. The lowest BCUT2D eigenvalue weighted by Crippen LogP contribution is -2.22. The Hall–Kier alpha value is -5.31. The number of hydrogen-bond donors (Lipinski definition) is 6. The number of aromatic nitrogens is 3. The highest BCUT2D eigenvalue weighted by atomic mass is 16.1. The van der Waals surface area contributed by atoms with E-state index in [4.69, 9.17) is 11.5 Å². The number of anilines is 3. The molecule has 38 heavy (non-hydrogen) atoms. The summed E-state index contributed by atoms with van der Waals surface area (Å²) in [7, 11) is 0. The number of nitrogen functional groups attached to an aromatic ring is 2. The second kappa shape index (κ2) is 8.97. The molecule has 6 aromatic rings. The average molecular weight is 505 g/mol. The van der Waals surface area contributed by atoms with Crippen LogP contribution in [-0.4, -0.2) is 15.0 Å². The minimum Gasteiger partial charge on any atom is -0.385 e. The van der Waals surface area contributed by atoms with Gasteiger partial charge in [0.15, 0.2) is 16.3 Å².